The molecule has 0 heterocycles. The van der Waals surface area contributed by atoms with E-state index in [1.54, 1.807) is 7.11 Å². The van der Waals surface area contributed by atoms with E-state index in [0.29, 0.717) is 37.7 Å². The van der Waals surface area contributed by atoms with Gasteiger partial charge in [0.05, 0.1) is 13.2 Å². The molecule has 0 saturated heterocycles. The number of carbonyl (C=O) groups excluding carboxylic acids is 1. The Balaban J connectivity index is 1.80. The van der Waals surface area contributed by atoms with Crippen LogP contribution in [0.1, 0.15) is 12.0 Å². The molecule has 0 aromatic heterocycles. The van der Waals surface area contributed by atoms with Crippen LogP contribution in [-0.4, -0.2) is 32.8 Å². The van der Waals surface area contributed by atoms with Crippen LogP contribution in [0.25, 0.3) is 0 Å². The number of benzene rings is 2. The third-order valence-electron chi connectivity index (χ3n) is 3.60. The monoisotopic (exact) mass is 354 g/mol. The van der Waals surface area contributed by atoms with Crippen LogP contribution in [0, 0.1) is 11.3 Å². The van der Waals surface area contributed by atoms with Gasteiger partial charge in [-0.05, 0) is 30.2 Å². The van der Waals surface area contributed by atoms with Crippen LogP contribution in [0.15, 0.2) is 48.5 Å². The van der Waals surface area contributed by atoms with Crippen molar-refractivity contribution in [3.63, 3.8) is 0 Å². The van der Waals surface area contributed by atoms with Crippen molar-refractivity contribution in [2.45, 2.75) is 12.8 Å². The Hall–Kier alpha value is -3.20. The van der Waals surface area contributed by atoms with Gasteiger partial charge in [0.2, 0.25) is 5.91 Å². The van der Waals surface area contributed by atoms with Crippen LogP contribution in [0.2, 0.25) is 0 Å². The van der Waals surface area contributed by atoms with Gasteiger partial charge in [-0.25, -0.2) is 0 Å². The van der Waals surface area contributed by atoms with E-state index >= 15 is 0 Å². The summed E-state index contributed by atoms with van der Waals surface area (Å²) < 4.78 is 16.7. The number of amides is 1. The Morgan fingerprint density at radius 2 is 1.62 bits per heavy atom. The first-order valence-corrected chi connectivity index (χ1v) is 8.34. The average Bonchev–Trinajstić information content (AvgIpc) is 2.67. The molecular formula is C20H22N2O4. The van der Waals surface area contributed by atoms with E-state index in [1.165, 1.54) is 0 Å². The van der Waals surface area contributed by atoms with E-state index in [1.807, 2.05) is 54.6 Å². The summed E-state index contributed by atoms with van der Waals surface area (Å²) in [5.41, 5.74) is 0.988. The predicted molar refractivity (Wildman–Crippen MR) is 97.4 cm³/mol. The molecule has 136 valence electrons. The Kier molecular flexibility index (Phi) is 7.81. The number of nitriles is 1. The van der Waals surface area contributed by atoms with Crippen molar-refractivity contribution in [3.05, 3.63) is 54.1 Å². The van der Waals surface area contributed by atoms with Crippen molar-refractivity contribution in [2.75, 3.05) is 26.9 Å². The molecule has 0 radical (unpaired) electrons. The normalized spacial score (nSPS) is 9.85. The lowest BCUT2D eigenvalue weighted by Crippen LogP contribution is -2.25. The number of methoxy groups -OCH3 is 1. The number of hydrogen-bond donors (Lipinski definition) is 1. The lowest BCUT2D eigenvalue weighted by atomic mass is 10.1. The number of nitrogens with zero attached hydrogens (tertiary/aromatic N) is 1. The summed E-state index contributed by atoms with van der Waals surface area (Å²) in [7, 11) is 1.60. The van der Waals surface area contributed by atoms with Gasteiger partial charge in [-0.1, -0.05) is 30.3 Å². The Labute approximate surface area is 153 Å². The first-order valence-electron chi connectivity index (χ1n) is 8.34. The van der Waals surface area contributed by atoms with Gasteiger partial charge in [0.1, 0.15) is 25.4 Å². The minimum atomic E-state index is -0.267. The smallest absolute Gasteiger partial charge is 0.234 e. The molecule has 0 spiro atoms. The minimum Gasteiger partial charge on any atom is -0.493 e. The van der Waals surface area contributed by atoms with Gasteiger partial charge < -0.3 is 19.5 Å². The molecule has 0 saturated carbocycles. The van der Waals surface area contributed by atoms with E-state index in [4.69, 9.17) is 19.5 Å². The fourth-order valence-corrected chi connectivity index (χ4v) is 2.36. The minimum absolute atomic E-state index is 0.127. The van der Waals surface area contributed by atoms with Crippen LogP contribution in [0.4, 0.5) is 0 Å². The van der Waals surface area contributed by atoms with Crippen LogP contribution in [-0.2, 0) is 11.2 Å². The number of para-hydroxylation sites is 3. The molecule has 2 aromatic carbocycles. The molecule has 0 unspecified atom stereocenters. The van der Waals surface area contributed by atoms with Gasteiger partial charge in [-0.2, -0.15) is 5.26 Å². The summed E-state index contributed by atoms with van der Waals surface area (Å²) >= 11 is 0. The molecule has 1 amide bonds. The molecule has 0 aliphatic carbocycles. The molecule has 0 bridgehead atoms. The first kappa shape index (κ1) is 19.1. The molecule has 1 N–H and O–H groups in total. The second kappa shape index (κ2) is 10.6. The number of hydrogen-bond acceptors (Lipinski definition) is 5. The van der Waals surface area contributed by atoms with Gasteiger partial charge >= 0.3 is 0 Å². The van der Waals surface area contributed by atoms with Crippen molar-refractivity contribution in [2.24, 2.45) is 0 Å². The van der Waals surface area contributed by atoms with Gasteiger partial charge in [-0.15, -0.1) is 0 Å². The van der Waals surface area contributed by atoms with Crippen molar-refractivity contribution in [3.8, 4) is 23.3 Å². The highest BCUT2D eigenvalue weighted by Crippen LogP contribution is 2.25. The molecule has 26 heavy (non-hydrogen) atoms. The molecule has 0 atom stereocenters. The summed E-state index contributed by atoms with van der Waals surface area (Å²) in [6.45, 7) is 1.22. The topological polar surface area (TPSA) is 80.6 Å². The second-order valence-corrected chi connectivity index (χ2v) is 5.39. The Bertz CT molecular complexity index is 755. The highest BCUT2D eigenvalue weighted by atomic mass is 16.5. The van der Waals surface area contributed by atoms with E-state index in [2.05, 4.69) is 5.32 Å². The van der Waals surface area contributed by atoms with E-state index in [9.17, 15) is 4.79 Å². The number of carbonyl (C=O) groups is 1. The van der Waals surface area contributed by atoms with Crippen LogP contribution in [0.5, 0.6) is 17.2 Å². The van der Waals surface area contributed by atoms with E-state index in [-0.39, 0.29) is 12.3 Å². The summed E-state index contributed by atoms with van der Waals surface area (Å²) in [5.74, 6) is 1.84. The van der Waals surface area contributed by atoms with Crippen molar-refractivity contribution in [1.29, 1.82) is 5.26 Å². The van der Waals surface area contributed by atoms with E-state index < -0.39 is 0 Å². The summed E-state index contributed by atoms with van der Waals surface area (Å²) in [6, 6.07) is 16.9. The lowest BCUT2D eigenvalue weighted by molar-refractivity contribution is -0.120. The van der Waals surface area contributed by atoms with Crippen molar-refractivity contribution in [1.82, 2.24) is 5.32 Å². The third kappa shape index (κ3) is 6.02. The second-order valence-electron chi connectivity index (χ2n) is 5.39. The highest BCUT2D eigenvalue weighted by molar-refractivity contribution is 5.77. The number of ether oxygens (including phenoxy) is 3. The highest BCUT2D eigenvalue weighted by Gasteiger charge is 2.06. The Morgan fingerprint density at radius 3 is 2.31 bits per heavy atom. The Morgan fingerprint density at radius 1 is 1.00 bits per heavy atom. The predicted octanol–water partition coefficient (Wildman–Crippen LogP) is 2.73. The van der Waals surface area contributed by atoms with Gasteiger partial charge in [0.15, 0.2) is 11.5 Å². The molecule has 6 heteroatoms. The van der Waals surface area contributed by atoms with Gasteiger partial charge in [0, 0.05) is 6.54 Å². The molecular weight excluding hydrogens is 332 g/mol. The molecule has 0 aliphatic heterocycles. The van der Waals surface area contributed by atoms with Crippen LogP contribution in [0.3, 0.4) is 0 Å². The van der Waals surface area contributed by atoms with Crippen molar-refractivity contribution < 1.29 is 19.0 Å². The quantitative estimate of drug-likeness (QED) is 0.664. The average molecular weight is 354 g/mol. The maximum Gasteiger partial charge on any atom is 0.234 e. The zero-order chi connectivity index (χ0) is 18.6. The first-order chi connectivity index (χ1) is 12.7. The van der Waals surface area contributed by atoms with Gasteiger partial charge in [-0.3, -0.25) is 4.79 Å². The van der Waals surface area contributed by atoms with E-state index in [0.717, 1.165) is 11.3 Å². The largest absolute Gasteiger partial charge is 0.493 e. The van der Waals surface area contributed by atoms with Gasteiger partial charge in [0.25, 0.3) is 0 Å². The third-order valence-corrected chi connectivity index (χ3v) is 3.60. The molecule has 2 rings (SSSR count). The molecule has 6 nitrogen and oxygen atoms in total. The SMILES string of the molecule is COc1ccccc1OCCOc1ccccc1CCNC(=O)CC#N. The zero-order valence-corrected chi connectivity index (χ0v) is 14.7. The lowest BCUT2D eigenvalue weighted by Gasteiger charge is -2.13. The van der Waals surface area contributed by atoms with Crippen LogP contribution >= 0.6 is 0 Å². The summed E-state index contributed by atoms with van der Waals surface area (Å²) in [6.07, 6.45) is 0.499. The molecule has 2 aromatic rings. The fraction of sp³-hybridized carbons (Fsp3) is 0.300. The summed E-state index contributed by atoms with van der Waals surface area (Å²) in [5, 5.41) is 11.2. The fourth-order valence-electron chi connectivity index (χ4n) is 2.36. The maximum atomic E-state index is 11.3. The zero-order valence-electron chi connectivity index (χ0n) is 14.7. The maximum absolute atomic E-state index is 11.3. The standard InChI is InChI=1S/C20H22N2O4/c1-24-18-8-4-5-9-19(18)26-15-14-25-17-7-3-2-6-16(17)11-13-22-20(23)10-12-21/h2-9H,10-11,13-15H2,1H3,(H,22,23). The molecule has 0 aliphatic rings. The number of nitrogens with one attached hydrogen (secondary N) is 1. The number of rotatable bonds is 10. The summed E-state index contributed by atoms with van der Waals surface area (Å²) in [4.78, 5) is 11.3. The van der Waals surface area contributed by atoms with Crippen LogP contribution < -0.4 is 19.5 Å². The molecule has 0 fully saturated rings. The van der Waals surface area contributed by atoms with Crippen molar-refractivity contribution >= 4 is 5.91 Å².